The Hall–Kier alpha value is -2.60. The highest BCUT2D eigenvalue weighted by molar-refractivity contribution is 9.10. The molecule has 2 aromatic rings. The van der Waals surface area contributed by atoms with Gasteiger partial charge in [-0.2, -0.15) is 0 Å². The summed E-state index contributed by atoms with van der Waals surface area (Å²) in [6.07, 6.45) is 0.562. The minimum Gasteiger partial charge on any atom is -0.477 e. The predicted octanol–water partition coefficient (Wildman–Crippen LogP) is 4.11. The molecule has 0 aliphatic rings. The molecule has 1 amide bonds. The molecule has 24 heavy (non-hydrogen) atoms. The number of aliphatic carboxylic acids is 1. The van der Waals surface area contributed by atoms with Crippen molar-refractivity contribution in [2.24, 2.45) is 0 Å². The fraction of sp³-hybridized carbons (Fsp3) is 0.111. The van der Waals surface area contributed by atoms with Crippen LogP contribution in [0, 0.1) is 6.92 Å². The lowest BCUT2D eigenvalue weighted by molar-refractivity contribution is -0.132. The van der Waals surface area contributed by atoms with Crippen LogP contribution in [0.5, 0.6) is 0 Å². The zero-order valence-corrected chi connectivity index (χ0v) is 14.5. The molecule has 0 bridgehead atoms. The van der Waals surface area contributed by atoms with Crippen LogP contribution in [0.15, 0.2) is 58.7 Å². The zero-order valence-electron chi connectivity index (χ0n) is 13.0. The number of hydrogen-bond donors (Lipinski definition) is 2. The molecule has 2 rings (SSSR count). The summed E-state index contributed by atoms with van der Waals surface area (Å²) in [5.74, 6) is -1.24. The van der Waals surface area contributed by atoms with Gasteiger partial charge >= 0.3 is 12.1 Å². The van der Waals surface area contributed by atoms with Gasteiger partial charge in [0.2, 0.25) is 0 Å². The molecule has 5 nitrogen and oxygen atoms in total. The van der Waals surface area contributed by atoms with E-state index in [0.717, 1.165) is 15.6 Å². The average Bonchev–Trinajstić information content (AvgIpc) is 2.56. The standard InChI is InChI=1S/C18H16BrNO4/c1-12-9-14(7-8-15(12)19)10-16(17(21)22)20-18(23)24-11-13-5-3-2-4-6-13/h2-10H,11H2,1H3,(H,20,23)(H,21,22). The van der Waals surface area contributed by atoms with Gasteiger partial charge < -0.3 is 9.84 Å². The van der Waals surface area contributed by atoms with Crippen molar-refractivity contribution >= 4 is 34.1 Å². The molecule has 2 N–H and O–H groups in total. The molecular weight excluding hydrogens is 374 g/mol. The molecule has 6 heteroatoms. The topological polar surface area (TPSA) is 75.6 Å². The van der Waals surface area contributed by atoms with E-state index in [0.29, 0.717) is 5.56 Å². The van der Waals surface area contributed by atoms with Gasteiger partial charge in [0.15, 0.2) is 0 Å². The Balaban J connectivity index is 2.04. The number of nitrogens with one attached hydrogen (secondary N) is 1. The van der Waals surface area contributed by atoms with E-state index in [1.165, 1.54) is 6.08 Å². The van der Waals surface area contributed by atoms with E-state index in [1.54, 1.807) is 6.07 Å². The maximum absolute atomic E-state index is 11.8. The van der Waals surface area contributed by atoms with Gasteiger partial charge in [0.1, 0.15) is 12.3 Å². The lowest BCUT2D eigenvalue weighted by Crippen LogP contribution is -2.27. The highest BCUT2D eigenvalue weighted by atomic mass is 79.9. The van der Waals surface area contributed by atoms with E-state index in [4.69, 9.17) is 4.74 Å². The van der Waals surface area contributed by atoms with Crippen LogP contribution in [0.1, 0.15) is 16.7 Å². The average molecular weight is 390 g/mol. The Labute approximate surface area is 148 Å². The molecule has 0 saturated carbocycles. The molecule has 0 unspecified atom stereocenters. The molecular formula is C18H16BrNO4. The first-order chi connectivity index (χ1) is 11.5. The maximum atomic E-state index is 11.8. The van der Waals surface area contributed by atoms with E-state index >= 15 is 0 Å². The number of amides is 1. The van der Waals surface area contributed by atoms with Crippen molar-refractivity contribution < 1.29 is 19.4 Å². The highest BCUT2D eigenvalue weighted by Gasteiger charge is 2.13. The van der Waals surface area contributed by atoms with Crippen LogP contribution in [-0.2, 0) is 16.1 Å². The predicted molar refractivity (Wildman–Crippen MR) is 94.3 cm³/mol. The van der Waals surface area contributed by atoms with E-state index in [2.05, 4.69) is 21.2 Å². The summed E-state index contributed by atoms with van der Waals surface area (Å²) in [6.45, 7) is 1.96. The van der Waals surface area contributed by atoms with Gasteiger partial charge in [0, 0.05) is 4.47 Å². The van der Waals surface area contributed by atoms with Crippen LogP contribution >= 0.6 is 15.9 Å². The van der Waals surface area contributed by atoms with Crippen molar-refractivity contribution in [1.82, 2.24) is 5.32 Å². The Morgan fingerprint density at radius 2 is 1.92 bits per heavy atom. The summed E-state index contributed by atoms with van der Waals surface area (Å²) in [5.41, 5.74) is 2.18. The molecule has 0 aliphatic heterocycles. The fourth-order valence-electron chi connectivity index (χ4n) is 1.94. The van der Waals surface area contributed by atoms with Gasteiger partial charge in [-0.05, 0) is 35.8 Å². The number of carbonyl (C=O) groups excluding carboxylic acids is 1. The first-order valence-electron chi connectivity index (χ1n) is 7.14. The number of carboxylic acids is 1. The van der Waals surface area contributed by atoms with Gasteiger partial charge in [0.25, 0.3) is 0 Å². The van der Waals surface area contributed by atoms with E-state index in [9.17, 15) is 14.7 Å². The number of carbonyl (C=O) groups is 2. The van der Waals surface area contributed by atoms with Crippen LogP contribution in [0.25, 0.3) is 6.08 Å². The second-order valence-corrected chi connectivity index (χ2v) is 5.91. The molecule has 0 radical (unpaired) electrons. The normalized spacial score (nSPS) is 11.0. The number of ether oxygens (including phenoxy) is 1. The number of benzene rings is 2. The van der Waals surface area contributed by atoms with Gasteiger partial charge in [-0.25, -0.2) is 9.59 Å². The van der Waals surface area contributed by atoms with Crippen LogP contribution in [0.4, 0.5) is 4.79 Å². The minimum absolute atomic E-state index is 0.0664. The largest absolute Gasteiger partial charge is 0.477 e. The third-order valence-electron chi connectivity index (χ3n) is 3.17. The van der Waals surface area contributed by atoms with E-state index in [1.807, 2.05) is 49.4 Å². The number of aryl methyl sites for hydroxylation is 1. The summed E-state index contributed by atoms with van der Waals surface area (Å²) in [4.78, 5) is 23.1. The molecule has 0 fully saturated rings. The quantitative estimate of drug-likeness (QED) is 0.754. The number of carboxylic acid groups (broad SMARTS) is 1. The van der Waals surface area contributed by atoms with Crippen molar-refractivity contribution in [2.75, 3.05) is 0 Å². The first-order valence-corrected chi connectivity index (χ1v) is 7.94. The Kier molecular flexibility index (Phi) is 6.14. The van der Waals surface area contributed by atoms with Crippen molar-refractivity contribution in [3.63, 3.8) is 0 Å². The number of hydrogen-bond acceptors (Lipinski definition) is 3. The number of alkyl carbamates (subject to hydrolysis) is 1. The molecule has 0 spiro atoms. The molecule has 0 aliphatic carbocycles. The molecule has 0 aromatic heterocycles. The summed E-state index contributed by atoms with van der Waals surface area (Å²) in [6, 6.07) is 14.5. The zero-order chi connectivity index (χ0) is 17.5. The highest BCUT2D eigenvalue weighted by Crippen LogP contribution is 2.18. The van der Waals surface area contributed by atoms with E-state index < -0.39 is 12.1 Å². The second-order valence-electron chi connectivity index (χ2n) is 5.06. The molecule has 0 atom stereocenters. The Morgan fingerprint density at radius 3 is 2.54 bits per heavy atom. The SMILES string of the molecule is Cc1cc(C=C(NC(=O)OCc2ccccc2)C(=O)O)ccc1Br. The van der Waals surface area contributed by atoms with Crippen molar-refractivity contribution in [1.29, 1.82) is 0 Å². The van der Waals surface area contributed by atoms with Crippen molar-refractivity contribution in [3.05, 3.63) is 75.4 Å². The third-order valence-corrected chi connectivity index (χ3v) is 4.06. The smallest absolute Gasteiger partial charge is 0.412 e. The van der Waals surface area contributed by atoms with Crippen LogP contribution in [0.3, 0.4) is 0 Å². The lowest BCUT2D eigenvalue weighted by atomic mass is 10.1. The van der Waals surface area contributed by atoms with Crippen LogP contribution < -0.4 is 5.32 Å². The van der Waals surface area contributed by atoms with Crippen molar-refractivity contribution in [3.8, 4) is 0 Å². The number of halogens is 1. The van der Waals surface area contributed by atoms with Crippen LogP contribution in [0.2, 0.25) is 0 Å². The summed E-state index contributed by atoms with van der Waals surface area (Å²) < 4.78 is 5.95. The summed E-state index contributed by atoms with van der Waals surface area (Å²) >= 11 is 3.38. The third kappa shape index (κ3) is 5.24. The Bertz CT molecular complexity index is 772. The Morgan fingerprint density at radius 1 is 1.21 bits per heavy atom. The van der Waals surface area contributed by atoms with Gasteiger partial charge in [0.05, 0.1) is 0 Å². The maximum Gasteiger partial charge on any atom is 0.412 e. The molecule has 0 heterocycles. The summed E-state index contributed by atoms with van der Waals surface area (Å²) in [5, 5.41) is 11.5. The van der Waals surface area contributed by atoms with Crippen molar-refractivity contribution in [2.45, 2.75) is 13.5 Å². The first kappa shape index (κ1) is 17.7. The molecule has 2 aromatic carbocycles. The van der Waals surface area contributed by atoms with Crippen LogP contribution in [-0.4, -0.2) is 17.2 Å². The molecule has 124 valence electrons. The lowest BCUT2D eigenvalue weighted by Gasteiger charge is -2.08. The number of rotatable bonds is 5. The summed E-state index contributed by atoms with van der Waals surface area (Å²) in [7, 11) is 0. The van der Waals surface area contributed by atoms with Gasteiger partial charge in [-0.15, -0.1) is 0 Å². The fourth-order valence-corrected chi connectivity index (χ4v) is 2.19. The van der Waals surface area contributed by atoms with E-state index in [-0.39, 0.29) is 12.3 Å². The second kappa shape index (κ2) is 8.31. The minimum atomic E-state index is -1.24. The molecule has 0 saturated heterocycles. The monoisotopic (exact) mass is 389 g/mol. The van der Waals surface area contributed by atoms with Gasteiger partial charge in [-0.1, -0.05) is 58.4 Å². The van der Waals surface area contributed by atoms with Gasteiger partial charge in [-0.3, -0.25) is 5.32 Å².